The van der Waals surface area contributed by atoms with Crippen molar-refractivity contribution in [2.75, 3.05) is 0 Å². The van der Waals surface area contributed by atoms with Crippen molar-refractivity contribution in [3.8, 4) is 0 Å². The number of hydrogen-bond acceptors (Lipinski definition) is 2. The number of nitrogens with one attached hydrogen (secondary N) is 1. The highest BCUT2D eigenvalue weighted by atomic mass is 16.2. The van der Waals surface area contributed by atoms with Gasteiger partial charge < -0.3 is 0 Å². The highest BCUT2D eigenvalue weighted by molar-refractivity contribution is 6.08. The maximum absolute atomic E-state index is 12.5. The summed E-state index contributed by atoms with van der Waals surface area (Å²) in [6, 6.07) is 21.7. The van der Waals surface area contributed by atoms with E-state index in [4.69, 9.17) is 0 Å². The van der Waals surface area contributed by atoms with Crippen molar-refractivity contribution >= 4 is 22.4 Å². The number of hydrogen-bond donors (Lipinski definition) is 1. The minimum absolute atomic E-state index is 0.190. The SMILES string of the molecule is CC/C(=N\NC(=O)c1cccc2ccccc12)c1ccc(C)cc1. The van der Waals surface area contributed by atoms with Gasteiger partial charge in [-0.3, -0.25) is 4.79 Å². The molecule has 0 aliphatic rings. The Kier molecular flexibility index (Phi) is 4.71. The molecule has 0 heterocycles. The zero-order valence-electron chi connectivity index (χ0n) is 13.9. The maximum Gasteiger partial charge on any atom is 0.272 e. The molecule has 0 aliphatic heterocycles. The van der Waals surface area contributed by atoms with Gasteiger partial charge in [-0.15, -0.1) is 0 Å². The lowest BCUT2D eigenvalue weighted by atomic mass is 10.0. The molecule has 24 heavy (non-hydrogen) atoms. The zero-order valence-corrected chi connectivity index (χ0v) is 13.9. The molecular formula is C21H20N2O. The van der Waals surface area contributed by atoms with Gasteiger partial charge in [0, 0.05) is 5.56 Å². The largest absolute Gasteiger partial charge is 0.272 e. The van der Waals surface area contributed by atoms with Gasteiger partial charge in [-0.25, -0.2) is 5.43 Å². The van der Waals surface area contributed by atoms with Gasteiger partial charge in [-0.05, 0) is 35.7 Å². The lowest BCUT2D eigenvalue weighted by molar-refractivity contribution is 0.0956. The second-order valence-corrected chi connectivity index (χ2v) is 5.75. The van der Waals surface area contributed by atoms with Crippen molar-refractivity contribution in [1.29, 1.82) is 0 Å². The summed E-state index contributed by atoms with van der Waals surface area (Å²) in [5.41, 5.74) is 6.44. The smallest absolute Gasteiger partial charge is 0.267 e. The van der Waals surface area contributed by atoms with Crippen LogP contribution >= 0.6 is 0 Å². The number of hydrazone groups is 1. The van der Waals surface area contributed by atoms with E-state index in [-0.39, 0.29) is 5.91 Å². The number of amides is 1. The van der Waals surface area contributed by atoms with E-state index >= 15 is 0 Å². The standard InChI is InChI=1S/C21H20N2O/c1-3-20(17-13-11-15(2)12-14-17)22-23-21(24)19-10-6-8-16-7-4-5-9-18(16)19/h4-14H,3H2,1-2H3,(H,23,24)/b22-20+. The molecule has 0 radical (unpaired) electrons. The molecule has 3 aromatic rings. The van der Waals surface area contributed by atoms with Crippen LogP contribution in [0.2, 0.25) is 0 Å². The van der Waals surface area contributed by atoms with Crippen molar-refractivity contribution in [3.63, 3.8) is 0 Å². The number of nitrogens with zero attached hydrogens (tertiary/aromatic N) is 1. The molecule has 0 saturated heterocycles. The van der Waals surface area contributed by atoms with Crippen LogP contribution in [-0.4, -0.2) is 11.6 Å². The number of rotatable bonds is 4. The first-order chi connectivity index (χ1) is 11.7. The first-order valence-corrected chi connectivity index (χ1v) is 8.10. The van der Waals surface area contributed by atoms with Gasteiger partial charge in [-0.2, -0.15) is 5.10 Å². The van der Waals surface area contributed by atoms with Crippen molar-refractivity contribution in [3.05, 3.63) is 83.4 Å². The highest BCUT2D eigenvalue weighted by Crippen LogP contribution is 2.18. The van der Waals surface area contributed by atoms with Crippen molar-refractivity contribution in [2.45, 2.75) is 20.3 Å². The molecule has 1 N–H and O–H groups in total. The monoisotopic (exact) mass is 316 g/mol. The molecule has 0 aliphatic carbocycles. The molecular weight excluding hydrogens is 296 g/mol. The van der Waals surface area contributed by atoms with Crippen LogP contribution in [0.15, 0.2) is 71.8 Å². The molecule has 120 valence electrons. The van der Waals surface area contributed by atoms with Crippen LogP contribution in [0.1, 0.15) is 34.8 Å². The van der Waals surface area contributed by atoms with Gasteiger partial charge in [0.2, 0.25) is 0 Å². The molecule has 3 nitrogen and oxygen atoms in total. The molecule has 0 spiro atoms. The van der Waals surface area contributed by atoms with E-state index in [2.05, 4.69) is 17.5 Å². The lowest BCUT2D eigenvalue weighted by Crippen LogP contribution is -2.20. The molecule has 0 aromatic heterocycles. The van der Waals surface area contributed by atoms with Crippen molar-refractivity contribution in [1.82, 2.24) is 5.43 Å². The van der Waals surface area contributed by atoms with Crippen LogP contribution in [0.3, 0.4) is 0 Å². The van der Waals surface area contributed by atoms with Crippen LogP contribution in [0.25, 0.3) is 10.8 Å². The van der Waals surface area contributed by atoms with Crippen LogP contribution < -0.4 is 5.43 Å². The van der Waals surface area contributed by atoms with Crippen molar-refractivity contribution in [2.24, 2.45) is 5.10 Å². The summed E-state index contributed by atoms with van der Waals surface area (Å²) >= 11 is 0. The van der Waals surface area contributed by atoms with Gasteiger partial charge in [0.05, 0.1) is 5.71 Å². The Labute approximate surface area is 142 Å². The zero-order chi connectivity index (χ0) is 16.9. The average molecular weight is 316 g/mol. The van der Waals surface area contributed by atoms with E-state index in [1.807, 2.05) is 73.7 Å². The molecule has 0 atom stereocenters. The maximum atomic E-state index is 12.5. The summed E-state index contributed by atoms with van der Waals surface area (Å²) in [4.78, 5) is 12.5. The molecule has 3 rings (SSSR count). The number of benzene rings is 3. The van der Waals surface area contributed by atoms with Gasteiger partial charge >= 0.3 is 0 Å². The second kappa shape index (κ2) is 7.09. The summed E-state index contributed by atoms with van der Waals surface area (Å²) in [5, 5.41) is 6.32. The Bertz CT molecular complexity index is 890. The minimum Gasteiger partial charge on any atom is -0.267 e. The Balaban J connectivity index is 1.86. The number of fused-ring (bicyclic) bond motifs is 1. The fraction of sp³-hybridized carbons (Fsp3) is 0.143. The summed E-state index contributed by atoms with van der Waals surface area (Å²) in [6.45, 7) is 4.08. The predicted molar refractivity (Wildman–Crippen MR) is 99.4 cm³/mol. The minimum atomic E-state index is -0.190. The number of carbonyl (C=O) groups is 1. The molecule has 3 heteroatoms. The quantitative estimate of drug-likeness (QED) is 0.550. The van der Waals surface area contributed by atoms with E-state index in [1.54, 1.807) is 0 Å². The van der Waals surface area contributed by atoms with Gasteiger partial charge in [0.1, 0.15) is 0 Å². The predicted octanol–water partition coefficient (Wildman–Crippen LogP) is 4.69. The molecule has 1 amide bonds. The number of carbonyl (C=O) groups excluding carboxylic acids is 1. The van der Waals surface area contributed by atoms with E-state index in [9.17, 15) is 4.79 Å². The highest BCUT2D eigenvalue weighted by Gasteiger charge is 2.09. The third-order valence-corrected chi connectivity index (χ3v) is 4.05. The van der Waals surface area contributed by atoms with Crippen LogP contribution in [-0.2, 0) is 0 Å². The number of aryl methyl sites for hydroxylation is 1. The molecule has 0 saturated carbocycles. The fourth-order valence-corrected chi connectivity index (χ4v) is 2.70. The third kappa shape index (κ3) is 3.35. The normalized spacial score (nSPS) is 11.5. The third-order valence-electron chi connectivity index (χ3n) is 4.05. The summed E-state index contributed by atoms with van der Waals surface area (Å²) in [7, 11) is 0. The molecule has 0 unspecified atom stereocenters. The molecule has 3 aromatic carbocycles. The van der Waals surface area contributed by atoms with Crippen LogP contribution in [0.5, 0.6) is 0 Å². The topological polar surface area (TPSA) is 41.5 Å². The Morgan fingerprint density at radius 2 is 1.67 bits per heavy atom. The van der Waals surface area contributed by atoms with Gasteiger partial charge in [-0.1, -0.05) is 73.2 Å². The van der Waals surface area contributed by atoms with E-state index in [0.717, 1.165) is 28.5 Å². The Morgan fingerprint density at radius 3 is 2.42 bits per heavy atom. The van der Waals surface area contributed by atoms with E-state index < -0.39 is 0 Å². The summed E-state index contributed by atoms with van der Waals surface area (Å²) in [6.07, 6.45) is 0.749. The summed E-state index contributed by atoms with van der Waals surface area (Å²) in [5.74, 6) is -0.190. The van der Waals surface area contributed by atoms with Crippen molar-refractivity contribution < 1.29 is 4.79 Å². The molecule has 0 fully saturated rings. The van der Waals surface area contributed by atoms with E-state index in [0.29, 0.717) is 5.56 Å². The average Bonchev–Trinajstić information content (AvgIpc) is 2.63. The molecule has 0 bridgehead atoms. The van der Waals surface area contributed by atoms with Crippen LogP contribution in [0, 0.1) is 6.92 Å². The van der Waals surface area contributed by atoms with Gasteiger partial charge in [0.25, 0.3) is 5.91 Å². The lowest BCUT2D eigenvalue weighted by Gasteiger charge is -2.08. The summed E-state index contributed by atoms with van der Waals surface area (Å²) < 4.78 is 0. The second-order valence-electron chi connectivity index (χ2n) is 5.75. The van der Waals surface area contributed by atoms with Gasteiger partial charge in [0.15, 0.2) is 0 Å². The Hall–Kier alpha value is -2.94. The van der Waals surface area contributed by atoms with E-state index in [1.165, 1.54) is 5.56 Å². The first kappa shape index (κ1) is 15.9. The van der Waals surface area contributed by atoms with Crippen LogP contribution in [0.4, 0.5) is 0 Å². The Morgan fingerprint density at radius 1 is 0.958 bits per heavy atom. The fourth-order valence-electron chi connectivity index (χ4n) is 2.70. The first-order valence-electron chi connectivity index (χ1n) is 8.10.